The van der Waals surface area contributed by atoms with Crippen LogP contribution in [0.2, 0.25) is 0 Å². The first-order valence-corrected chi connectivity index (χ1v) is 7.10. The number of aromatic nitrogens is 1. The van der Waals surface area contributed by atoms with E-state index in [4.69, 9.17) is 4.74 Å². The van der Waals surface area contributed by atoms with Crippen LogP contribution in [0.4, 0.5) is 5.69 Å². The standard InChI is InChI=1S/C15H25N3O/c1-11(2)17-10-13-9-16-7-5-15(13)18(4)14-6-8-19-12(14)3/h5,7,9,11-12,14,17H,6,8,10H2,1-4H3. The molecule has 2 atom stereocenters. The summed E-state index contributed by atoms with van der Waals surface area (Å²) < 4.78 is 5.67. The maximum absolute atomic E-state index is 5.67. The van der Waals surface area contributed by atoms with E-state index in [9.17, 15) is 0 Å². The molecule has 4 heteroatoms. The lowest BCUT2D eigenvalue weighted by Gasteiger charge is -2.30. The molecule has 0 aromatic carbocycles. The SMILES string of the molecule is CC(C)NCc1cnccc1N(C)C1CCOC1C. The first-order chi connectivity index (χ1) is 9.09. The Kier molecular flexibility index (Phi) is 4.77. The highest BCUT2D eigenvalue weighted by Gasteiger charge is 2.28. The molecule has 1 fully saturated rings. The van der Waals surface area contributed by atoms with Gasteiger partial charge in [-0.3, -0.25) is 4.98 Å². The minimum atomic E-state index is 0.295. The third kappa shape index (κ3) is 3.45. The Balaban J connectivity index is 2.14. The number of anilines is 1. The van der Waals surface area contributed by atoms with E-state index < -0.39 is 0 Å². The summed E-state index contributed by atoms with van der Waals surface area (Å²) in [6.07, 6.45) is 5.22. The Morgan fingerprint density at radius 2 is 2.32 bits per heavy atom. The maximum atomic E-state index is 5.67. The van der Waals surface area contributed by atoms with E-state index in [1.165, 1.54) is 11.3 Å². The van der Waals surface area contributed by atoms with Crippen molar-refractivity contribution < 1.29 is 4.74 Å². The summed E-state index contributed by atoms with van der Waals surface area (Å²) in [5, 5.41) is 3.46. The van der Waals surface area contributed by atoms with Crippen molar-refractivity contribution in [3.05, 3.63) is 24.0 Å². The molecule has 1 aromatic heterocycles. The summed E-state index contributed by atoms with van der Waals surface area (Å²) in [5.41, 5.74) is 2.50. The highest BCUT2D eigenvalue weighted by Crippen LogP contribution is 2.26. The fourth-order valence-corrected chi connectivity index (χ4v) is 2.62. The van der Waals surface area contributed by atoms with Crippen LogP contribution < -0.4 is 10.2 Å². The van der Waals surface area contributed by atoms with Crippen LogP contribution in [0.25, 0.3) is 0 Å². The van der Waals surface area contributed by atoms with Gasteiger partial charge in [0.25, 0.3) is 0 Å². The van der Waals surface area contributed by atoms with Crippen molar-refractivity contribution in [1.29, 1.82) is 0 Å². The average Bonchev–Trinajstić information content (AvgIpc) is 2.82. The second kappa shape index (κ2) is 6.35. The van der Waals surface area contributed by atoms with Crippen molar-refractivity contribution >= 4 is 5.69 Å². The number of ether oxygens (including phenoxy) is 1. The summed E-state index contributed by atoms with van der Waals surface area (Å²) >= 11 is 0. The van der Waals surface area contributed by atoms with Crippen LogP contribution in [0, 0.1) is 0 Å². The molecule has 1 aliphatic heterocycles. The van der Waals surface area contributed by atoms with Gasteiger partial charge in [0.1, 0.15) is 0 Å². The van der Waals surface area contributed by atoms with E-state index in [0.29, 0.717) is 18.2 Å². The number of rotatable bonds is 5. The zero-order valence-electron chi connectivity index (χ0n) is 12.4. The second-order valence-corrected chi connectivity index (χ2v) is 5.58. The molecular weight excluding hydrogens is 238 g/mol. The van der Waals surface area contributed by atoms with E-state index >= 15 is 0 Å². The molecule has 19 heavy (non-hydrogen) atoms. The summed E-state index contributed by atoms with van der Waals surface area (Å²) in [6.45, 7) is 8.19. The summed E-state index contributed by atoms with van der Waals surface area (Å²) in [5.74, 6) is 0. The Labute approximate surface area is 116 Å². The monoisotopic (exact) mass is 263 g/mol. The molecule has 2 unspecified atom stereocenters. The number of nitrogens with zero attached hydrogens (tertiary/aromatic N) is 2. The third-order valence-corrected chi connectivity index (χ3v) is 3.79. The summed E-state index contributed by atoms with van der Waals surface area (Å²) in [4.78, 5) is 6.60. The molecule has 1 aromatic rings. The molecule has 106 valence electrons. The van der Waals surface area contributed by atoms with Crippen LogP contribution in [-0.4, -0.2) is 36.8 Å². The molecule has 1 aliphatic rings. The Hall–Kier alpha value is -1.13. The van der Waals surface area contributed by atoms with Crippen LogP contribution in [0.5, 0.6) is 0 Å². The van der Waals surface area contributed by atoms with Crippen LogP contribution in [0.1, 0.15) is 32.8 Å². The number of likely N-dealkylation sites (N-methyl/N-ethyl adjacent to an activating group) is 1. The molecular formula is C15H25N3O. The first kappa shape index (κ1) is 14.3. The smallest absolute Gasteiger partial charge is 0.0750 e. The number of nitrogens with one attached hydrogen (secondary N) is 1. The fourth-order valence-electron chi connectivity index (χ4n) is 2.62. The van der Waals surface area contributed by atoms with Crippen LogP contribution in [0.3, 0.4) is 0 Å². The zero-order chi connectivity index (χ0) is 13.8. The van der Waals surface area contributed by atoms with Gasteiger partial charge < -0.3 is 15.0 Å². The minimum absolute atomic E-state index is 0.295. The van der Waals surface area contributed by atoms with Gasteiger partial charge in [-0.15, -0.1) is 0 Å². The van der Waals surface area contributed by atoms with Gasteiger partial charge >= 0.3 is 0 Å². The van der Waals surface area contributed by atoms with Crippen molar-refractivity contribution in [2.24, 2.45) is 0 Å². The van der Waals surface area contributed by atoms with Crippen molar-refractivity contribution in [3.63, 3.8) is 0 Å². The molecule has 0 radical (unpaired) electrons. The molecule has 0 aliphatic carbocycles. The van der Waals surface area contributed by atoms with Crippen molar-refractivity contribution in [1.82, 2.24) is 10.3 Å². The highest BCUT2D eigenvalue weighted by atomic mass is 16.5. The molecule has 2 rings (SSSR count). The summed E-state index contributed by atoms with van der Waals surface area (Å²) in [7, 11) is 2.16. The molecule has 1 saturated heterocycles. The first-order valence-electron chi connectivity index (χ1n) is 7.10. The van der Waals surface area contributed by atoms with Crippen LogP contribution >= 0.6 is 0 Å². The Bertz CT molecular complexity index is 408. The van der Waals surface area contributed by atoms with Gasteiger partial charge in [0.05, 0.1) is 12.1 Å². The average molecular weight is 263 g/mol. The minimum Gasteiger partial charge on any atom is -0.376 e. The molecule has 0 amide bonds. The molecule has 2 heterocycles. The van der Waals surface area contributed by atoms with Crippen LogP contribution in [-0.2, 0) is 11.3 Å². The number of hydrogen-bond donors (Lipinski definition) is 1. The number of hydrogen-bond acceptors (Lipinski definition) is 4. The summed E-state index contributed by atoms with van der Waals surface area (Å²) in [6, 6.07) is 3.04. The van der Waals surface area contributed by atoms with E-state index in [2.05, 4.69) is 49.1 Å². The lowest BCUT2D eigenvalue weighted by Crippen LogP contribution is -2.37. The van der Waals surface area contributed by atoms with E-state index in [0.717, 1.165) is 19.6 Å². The van der Waals surface area contributed by atoms with E-state index in [1.807, 2.05) is 12.4 Å². The molecule has 4 nitrogen and oxygen atoms in total. The van der Waals surface area contributed by atoms with Crippen molar-refractivity contribution in [2.45, 2.75) is 51.9 Å². The highest BCUT2D eigenvalue weighted by molar-refractivity contribution is 5.52. The van der Waals surface area contributed by atoms with Gasteiger partial charge in [0.2, 0.25) is 0 Å². The second-order valence-electron chi connectivity index (χ2n) is 5.58. The fraction of sp³-hybridized carbons (Fsp3) is 0.667. The molecule has 0 spiro atoms. The van der Waals surface area contributed by atoms with Gasteiger partial charge in [0, 0.05) is 49.9 Å². The Morgan fingerprint density at radius 1 is 1.53 bits per heavy atom. The Morgan fingerprint density at radius 3 is 2.95 bits per heavy atom. The van der Waals surface area contributed by atoms with Crippen LogP contribution in [0.15, 0.2) is 18.5 Å². The molecule has 0 bridgehead atoms. The lowest BCUT2D eigenvalue weighted by molar-refractivity contribution is 0.118. The van der Waals surface area contributed by atoms with Gasteiger partial charge in [-0.1, -0.05) is 13.8 Å². The maximum Gasteiger partial charge on any atom is 0.0750 e. The van der Waals surface area contributed by atoms with E-state index in [1.54, 1.807) is 0 Å². The predicted octanol–water partition coefficient (Wildman–Crippen LogP) is 2.19. The van der Waals surface area contributed by atoms with Gasteiger partial charge in [-0.25, -0.2) is 0 Å². The lowest BCUT2D eigenvalue weighted by atomic mass is 10.1. The topological polar surface area (TPSA) is 37.4 Å². The van der Waals surface area contributed by atoms with Gasteiger partial charge in [-0.05, 0) is 19.4 Å². The van der Waals surface area contributed by atoms with Gasteiger partial charge in [-0.2, -0.15) is 0 Å². The molecule has 0 saturated carbocycles. The zero-order valence-corrected chi connectivity index (χ0v) is 12.4. The number of pyridine rings is 1. The quantitative estimate of drug-likeness (QED) is 0.883. The van der Waals surface area contributed by atoms with E-state index in [-0.39, 0.29) is 0 Å². The predicted molar refractivity (Wildman–Crippen MR) is 78.4 cm³/mol. The van der Waals surface area contributed by atoms with Crippen molar-refractivity contribution in [3.8, 4) is 0 Å². The third-order valence-electron chi connectivity index (χ3n) is 3.79. The largest absolute Gasteiger partial charge is 0.376 e. The molecule has 1 N–H and O–H groups in total. The normalized spacial score (nSPS) is 23.0. The van der Waals surface area contributed by atoms with Gasteiger partial charge in [0.15, 0.2) is 0 Å². The van der Waals surface area contributed by atoms with Crippen molar-refractivity contribution in [2.75, 3.05) is 18.6 Å².